The highest BCUT2D eigenvalue weighted by Gasteiger charge is 2.26. The zero-order valence-electron chi connectivity index (χ0n) is 11.5. The van der Waals surface area contributed by atoms with Crippen LogP contribution in [0.5, 0.6) is 0 Å². The van der Waals surface area contributed by atoms with E-state index in [1.807, 2.05) is 0 Å². The Morgan fingerprint density at radius 2 is 1.53 bits per heavy atom. The van der Waals surface area contributed by atoms with Gasteiger partial charge in [-0.2, -0.15) is 0 Å². The molecule has 0 spiro atoms. The van der Waals surface area contributed by atoms with Gasteiger partial charge in [0.15, 0.2) is 0 Å². The molecule has 0 aromatic carbocycles. The highest BCUT2D eigenvalue weighted by atomic mass is 16.6. The van der Waals surface area contributed by atoms with Crippen LogP contribution < -0.4 is 0 Å². The second-order valence-corrected chi connectivity index (χ2v) is 4.68. The van der Waals surface area contributed by atoms with Crippen molar-refractivity contribution in [1.29, 1.82) is 0 Å². The van der Waals surface area contributed by atoms with Gasteiger partial charge in [0, 0.05) is 5.57 Å². The Hall–Kier alpha value is -0.950. The molecule has 3 rings (SSSR count). The molecule has 0 saturated carbocycles. The molecule has 0 aromatic rings. The summed E-state index contributed by atoms with van der Waals surface area (Å²) in [5.74, 6) is -0.935. The van der Waals surface area contributed by atoms with Gasteiger partial charge in [-0.3, -0.25) is 0 Å². The van der Waals surface area contributed by atoms with E-state index >= 15 is 0 Å². The number of epoxide rings is 3. The number of ether oxygens (including phenoxy) is 4. The number of carbonyl (C=O) groups is 1. The summed E-state index contributed by atoms with van der Waals surface area (Å²) in [7, 11) is 0. The predicted octanol–water partition coefficient (Wildman–Crippen LogP) is 0.853. The fraction of sp³-hybridized carbons (Fsp3) is 0.769. The molecular formula is C13H22O6. The first-order valence-corrected chi connectivity index (χ1v) is 6.30. The van der Waals surface area contributed by atoms with Crippen molar-refractivity contribution in [2.75, 3.05) is 33.0 Å². The molecule has 1 N–H and O–H groups in total. The molecule has 0 radical (unpaired) electrons. The minimum Gasteiger partial charge on any atom is -0.478 e. The van der Waals surface area contributed by atoms with E-state index in [0.29, 0.717) is 18.3 Å². The van der Waals surface area contributed by atoms with Crippen LogP contribution >= 0.6 is 0 Å². The first-order valence-electron chi connectivity index (χ1n) is 6.30. The smallest absolute Gasteiger partial charge is 0.330 e. The zero-order valence-corrected chi connectivity index (χ0v) is 11.5. The lowest BCUT2D eigenvalue weighted by Crippen LogP contribution is -2.06. The van der Waals surface area contributed by atoms with Gasteiger partial charge in [0.05, 0.1) is 39.1 Å². The first kappa shape index (κ1) is 16.1. The third-order valence-corrected chi connectivity index (χ3v) is 2.28. The van der Waals surface area contributed by atoms with Crippen LogP contribution in [0.3, 0.4) is 0 Å². The lowest BCUT2D eigenvalue weighted by Gasteiger charge is -1.95. The van der Waals surface area contributed by atoms with Gasteiger partial charge in [-0.1, -0.05) is 6.58 Å². The molecule has 6 heteroatoms. The van der Waals surface area contributed by atoms with Crippen LogP contribution in [0.15, 0.2) is 12.2 Å². The van der Waals surface area contributed by atoms with Gasteiger partial charge in [-0.25, -0.2) is 4.79 Å². The van der Waals surface area contributed by atoms with Crippen molar-refractivity contribution in [2.45, 2.75) is 32.2 Å². The maximum Gasteiger partial charge on any atom is 0.330 e. The summed E-state index contributed by atoms with van der Waals surface area (Å²) in [6.45, 7) is 10.9. The molecule has 3 saturated heterocycles. The van der Waals surface area contributed by atoms with Crippen LogP contribution in [0, 0.1) is 0 Å². The number of aliphatic carboxylic acids is 1. The van der Waals surface area contributed by atoms with Gasteiger partial charge in [-0.15, -0.1) is 0 Å². The van der Waals surface area contributed by atoms with Crippen molar-refractivity contribution in [3.63, 3.8) is 0 Å². The lowest BCUT2D eigenvalue weighted by atomic mass is 10.4. The van der Waals surface area contributed by atoms with Crippen molar-refractivity contribution < 1.29 is 28.8 Å². The summed E-state index contributed by atoms with van der Waals surface area (Å²) in [5.41, 5.74) is 0.176. The number of carboxylic acid groups (broad SMARTS) is 1. The summed E-state index contributed by atoms with van der Waals surface area (Å²) in [5, 5.41) is 7.89. The van der Waals surface area contributed by atoms with Gasteiger partial charge in [0.2, 0.25) is 0 Å². The summed E-state index contributed by atoms with van der Waals surface area (Å²) in [4.78, 5) is 9.60. The molecule has 6 nitrogen and oxygen atoms in total. The predicted molar refractivity (Wildman–Crippen MR) is 68.2 cm³/mol. The molecule has 110 valence electrons. The van der Waals surface area contributed by atoms with Gasteiger partial charge in [0.1, 0.15) is 12.2 Å². The minimum absolute atomic E-state index is 0.176. The molecule has 3 atom stereocenters. The van der Waals surface area contributed by atoms with E-state index in [1.165, 1.54) is 6.92 Å². The average molecular weight is 274 g/mol. The van der Waals surface area contributed by atoms with E-state index in [-0.39, 0.29) is 5.57 Å². The maximum absolute atomic E-state index is 9.60. The molecule has 0 aliphatic carbocycles. The number of hydrogen-bond acceptors (Lipinski definition) is 5. The molecule has 0 aromatic heterocycles. The van der Waals surface area contributed by atoms with E-state index in [4.69, 9.17) is 24.1 Å². The molecule has 3 aliphatic heterocycles. The normalized spacial score (nSPS) is 29.1. The van der Waals surface area contributed by atoms with E-state index in [2.05, 4.69) is 13.5 Å². The largest absolute Gasteiger partial charge is 0.478 e. The van der Waals surface area contributed by atoms with E-state index < -0.39 is 5.97 Å². The Kier molecular flexibility index (Phi) is 7.01. The zero-order chi connectivity index (χ0) is 14.3. The van der Waals surface area contributed by atoms with Crippen molar-refractivity contribution in [1.82, 2.24) is 0 Å². The lowest BCUT2D eigenvalue weighted by molar-refractivity contribution is -0.132. The van der Waals surface area contributed by atoms with Crippen LogP contribution in [0.25, 0.3) is 0 Å². The molecule has 0 bridgehead atoms. The maximum atomic E-state index is 9.60. The Morgan fingerprint density at radius 3 is 1.68 bits per heavy atom. The summed E-state index contributed by atoms with van der Waals surface area (Å²) >= 11 is 0. The quantitative estimate of drug-likeness (QED) is 0.591. The highest BCUT2D eigenvalue weighted by molar-refractivity contribution is 5.84. The Morgan fingerprint density at radius 1 is 1.21 bits per heavy atom. The van der Waals surface area contributed by atoms with Crippen molar-refractivity contribution in [3.8, 4) is 0 Å². The van der Waals surface area contributed by atoms with Crippen LogP contribution in [0.2, 0.25) is 0 Å². The third kappa shape index (κ3) is 11.9. The van der Waals surface area contributed by atoms with Crippen LogP contribution in [-0.4, -0.2) is 62.4 Å². The summed E-state index contributed by atoms with van der Waals surface area (Å²) in [6.07, 6.45) is 1.37. The fourth-order valence-corrected chi connectivity index (χ4v) is 0.756. The number of hydrogen-bond donors (Lipinski definition) is 1. The second kappa shape index (κ2) is 8.27. The minimum atomic E-state index is -0.935. The van der Waals surface area contributed by atoms with Gasteiger partial charge < -0.3 is 24.1 Å². The summed E-state index contributed by atoms with van der Waals surface area (Å²) < 4.78 is 19.8. The summed E-state index contributed by atoms with van der Waals surface area (Å²) in [6, 6.07) is 0. The van der Waals surface area contributed by atoms with Crippen molar-refractivity contribution in [2.24, 2.45) is 0 Å². The fourth-order valence-electron chi connectivity index (χ4n) is 0.756. The SMILES string of the molecule is C(OCC1CO1)C1CO1.C=C(C)C(=O)O.CC1CO1. The molecule has 19 heavy (non-hydrogen) atoms. The molecule has 3 fully saturated rings. The topological polar surface area (TPSA) is 84.1 Å². The monoisotopic (exact) mass is 274 g/mol. The molecule has 3 unspecified atom stereocenters. The number of rotatable bonds is 5. The van der Waals surface area contributed by atoms with Gasteiger partial charge in [0.25, 0.3) is 0 Å². The van der Waals surface area contributed by atoms with Crippen molar-refractivity contribution in [3.05, 3.63) is 12.2 Å². The highest BCUT2D eigenvalue weighted by Crippen LogP contribution is 2.12. The Balaban J connectivity index is 0.000000157. The van der Waals surface area contributed by atoms with Crippen LogP contribution in [0.4, 0.5) is 0 Å². The third-order valence-electron chi connectivity index (χ3n) is 2.28. The second-order valence-electron chi connectivity index (χ2n) is 4.68. The first-order chi connectivity index (χ1) is 8.99. The Bertz CT molecular complexity index is 268. The molecule has 3 aliphatic rings. The van der Waals surface area contributed by atoms with E-state index in [1.54, 1.807) is 0 Å². The standard InChI is InChI=1S/C6H10O3.C4H6O2.C3H6O/c1(5-3-8-5)7-2-6-4-9-6;1-3(2)4(5)6;1-3-2-4-3/h5-6H,1-4H2;1H2,2H3,(H,5,6);3H,2H2,1H3. The van der Waals surface area contributed by atoms with Crippen molar-refractivity contribution >= 4 is 5.97 Å². The molecular weight excluding hydrogens is 252 g/mol. The van der Waals surface area contributed by atoms with Crippen LogP contribution in [0.1, 0.15) is 13.8 Å². The molecule has 3 heterocycles. The van der Waals surface area contributed by atoms with Crippen LogP contribution in [-0.2, 0) is 23.7 Å². The van der Waals surface area contributed by atoms with E-state index in [0.717, 1.165) is 33.0 Å². The van der Waals surface area contributed by atoms with E-state index in [9.17, 15) is 4.79 Å². The Labute approximate surface area is 113 Å². The number of carboxylic acids is 1. The van der Waals surface area contributed by atoms with Gasteiger partial charge in [-0.05, 0) is 13.8 Å². The average Bonchev–Trinajstić information content (AvgIpc) is 3.17. The molecule has 0 amide bonds. The van der Waals surface area contributed by atoms with Gasteiger partial charge >= 0.3 is 5.97 Å².